The summed E-state index contributed by atoms with van der Waals surface area (Å²) >= 11 is 0. The lowest BCUT2D eigenvalue weighted by Crippen LogP contribution is -2.51. The van der Waals surface area contributed by atoms with Crippen LogP contribution in [0, 0.1) is 0 Å². The normalized spacial score (nSPS) is 21.8. The van der Waals surface area contributed by atoms with E-state index in [1.165, 1.54) is 11.3 Å². The monoisotopic (exact) mass is 413 g/mol. The molecule has 0 radical (unpaired) electrons. The Balaban J connectivity index is 1.58. The quantitative estimate of drug-likeness (QED) is 0.698. The third kappa shape index (κ3) is 3.99. The van der Waals surface area contributed by atoms with Gasteiger partial charge >= 0.3 is 12.0 Å². The molecule has 1 atom stereocenters. The maximum atomic E-state index is 12.9. The molecule has 1 fully saturated rings. The number of rotatable bonds is 6. The molecule has 2 aliphatic heterocycles. The number of esters is 1. The molecule has 0 aromatic heterocycles. The fourth-order valence-electron chi connectivity index (χ4n) is 4.38. The minimum Gasteiger partial charge on any atom is -0.494 e. The number of carbonyl (C=O) groups excluding carboxylic acids is 3. The maximum absolute atomic E-state index is 12.9. The summed E-state index contributed by atoms with van der Waals surface area (Å²) in [6, 6.07) is 6.33. The third-order valence-electron chi connectivity index (χ3n) is 5.80. The molecule has 1 saturated carbocycles. The number of urea groups is 1. The highest BCUT2D eigenvalue weighted by molar-refractivity contribution is 5.98. The van der Waals surface area contributed by atoms with Gasteiger partial charge in [0, 0.05) is 11.6 Å². The topological polar surface area (TPSA) is 97.0 Å². The van der Waals surface area contributed by atoms with Crippen LogP contribution in [0.3, 0.4) is 0 Å². The molecule has 2 N–H and O–H groups in total. The molecule has 30 heavy (non-hydrogen) atoms. The number of cyclic esters (lactones) is 1. The van der Waals surface area contributed by atoms with Crippen LogP contribution in [0.1, 0.15) is 50.6 Å². The van der Waals surface area contributed by atoms with Crippen LogP contribution in [0.25, 0.3) is 0 Å². The minimum atomic E-state index is -0.678. The van der Waals surface area contributed by atoms with E-state index in [2.05, 4.69) is 10.6 Å². The van der Waals surface area contributed by atoms with Crippen LogP contribution < -0.4 is 15.4 Å². The van der Waals surface area contributed by atoms with Gasteiger partial charge in [-0.15, -0.1) is 0 Å². The number of hydrogen-bond donors (Lipinski definition) is 2. The molecule has 0 bridgehead atoms. The van der Waals surface area contributed by atoms with Gasteiger partial charge in [0.15, 0.2) is 0 Å². The average molecular weight is 413 g/mol. The lowest BCUT2D eigenvalue weighted by Gasteiger charge is -2.33. The first-order valence-electron chi connectivity index (χ1n) is 10.6. The molecule has 1 unspecified atom stereocenters. The zero-order valence-electron chi connectivity index (χ0n) is 17.1. The Hall–Kier alpha value is -3.03. The Morgan fingerprint density at radius 1 is 1.23 bits per heavy atom. The molecule has 0 spiro atoms. The van der Waals surface area contributed by atoms with Gasteiger partial charge in [-0.3, -0.25) is 9.69 Å². The number of amides is 3. The number of ether oxygens (including phenoxy) is 2. The molecular weight excluding hydrogens is 386 g/mol. The smallest absolute Gasteiger partial charge is 0.338 e. The molecule has 1 aromatic carbocycles. The van der Waals surface area contributed by atoms with Crippen LogP contribution in [-0.4, -0.2) is 48.6 Å². The second-order valence-corrected chi connectivity index (χ2v) is 7.78. The SMILES string of the molecule is CCOc1ccccc1C1NC(=O)N(CC(=O)NC2CCCCC2)C2=C1C(=O)OC2. The maximum Gasteiger partial charge on any atom is 0.338 e. The predicted octanol–water partition coefficient (Wildman–Crippen LogP) is 2.41. The van der Waals surface area contributed by atoms with Crippen molar-refractivity contribution in [3.05, 3.63) is 41.1 Å². The van der Waals surface area contributed by atoms with E-state index in [-0.39, 0.29) is 25.1 Å². The van der Waals surface area contributed by atoms with Gasteiger partial charge in [0.25, 0.3) is 0 Å². The van der Waals surface area contributed by atoms with E-state index in [1.54, 1.807) is 6.07 Å². The van der Waals surface area contributed by atoms with Crippen molar-refractivity contribution >= 4 is 17.9 Å². The highest BCUT2D eigenvalue weighted by Crippen LogP contribution is 2.38. The van der Waals surface area contributed by atoms with E-state index in [9.17, 15) is 14.4 Å². The number of para-hydroxylation sites is 1. The summed E-state index contributed by atoms with van der Waals surface area (Å²) < 4.78 is 10.9. The van der Waals surface area contributed by atoms with Crippen molar-refractivity contribution in [2.24, 2.45) is 0 Å². The number of carbonyl (C=O) groups is 3. The minimum absolute atomic E-state index is 0.0222. The fourth-order valence-corrected chi connectivity index (χ4v) is 4.38. The molecule has 8 heteroatoms. The number of nitrogens with zero attached hydrogens (tertiary/aromatic N) is 1. The molecule has 2 heterocycles. The Kier molecular flexibility index (Phi) is 5.92. The molecule has 0 saturated heterocycles. The number of benzene rings is 1. The highest BCUT2D eigenvalue weighted by Gasteiger charge is 2.43. The molecule has 1 aliphatic carbocycles. The van der Waals surface area contributed by atoms with Crippen molar-refractivity contribution in [1.82, 2.24) is 15.5 Å². The molecule has 8 nitrogen and oxygen atoms in total. The van der Waals surface area contributed by atoms with Gasteiger partial charge in [0.1, 0.15) is 18.9 Å². The van der Waals surface area contributed by atoms with Crippen molar-refractivity contribution in [3.8, 4) is 5.75 Å². The summed E-state index contributed by atoms with van der Waals surface area (Å²) in [4.78, 5) is 39.3. The first-order valence-corrected chi connectivity index (χ1v) is 10.6. The summed E-state index contributed by atoms with van der Waals surface area (Å²) in [6.07, 6.45) is 5.33. The van der Waals surface area contributed by atoms with Crippen molar-refractivity contribution in [3.63, 3.8) is 0 Å². The molecule has 3 aliphatic rings. The van der Waals surface area contributed by atoms with Gasteiger partial charge in [0.2, 0.25) is 5.91 Å². The van der Waals surface area contributed by atoms with E-state index < -0.39 is 18.0 Å². The van der Waals surface area contributed by atoms with Crippen LogP contribution in [0.5, 0.6) is 5.75 Å². The molecule has 3 amide bonds. The largest absolute Gasteiger partial charge is 0.494 e. The predicted molar refractivity (Wildman–Crippen MR) is 109 cm³/mol. The van der Waals surface area contributed by atoms with Gasteiger partial charge in [-0.05, 0) is 25.8 Å². The fraction of sp³-hybridized carbons (Fsp3) is 0.500. The third-order valence-corrected chi connectivity index (χ3v) is 5.80. The van der Waals surface area contributed by atoms with E-state index in [0.717, 1.165) is 25.7 Å². The zero-order valence-corrected chi connectivity index (χ0v) is 17.1. The molecule has 4 rings (SSSR count). The second kappa shape index (κ2) is 8.77. The molecule has 1 aromatic rings. The van der Waals surface area contributed by atoms with Gasteiger partial charge in [0.05, 0.1) is 23.9 Å². The van der Waals surface area contributed by atoms with Crippen molar-refractivity contribution in [2.75, 3.05) is 19.8 Å². The molecule has 160 valence electrons. The van der Waals surface area contributed by atoms with Gasteiger partial charge in [-0.1, -0.05) is 37.5 Å². The average Bonchev–Trinajstić information content (AvgIpc) is 3.13. The number of nitrogens with one attached hydrogen (secondary N) is 2. The van der Waals surface area contributed by atoms with E-state index >= 15 is 0 Å². The number of hydrogen-bond acceptors (Lipinski definition) is 5. The zero-order chi connectivity index (χ0) is 21.1. The lowest BCUT2D eigenvalue weighted by molar-refractivity contribution is -0.136. The Bertz CT molecular complexity index is 875. The molecular formula is C22H27N3O5. The van der Waals surface area contributed by atoms with E-state index in [1.807, 2.05) is 25.1 Å². The van der Waals surface area contributed by atoms with Crippen LogP contribution in [0.2, 0.25) is 0 Å². The Labute approximate surface area is 175 Å². The van der Waals surface area contributed by atoms with Crippen molar-refractivity contribution in [2.45, 2.75) is 51.1 Å². The van der Waals surface area contributed by atoms with E-state index in [4.69, 9.17) is 9.47 Å². The van der Waals surface area contributed by atoms with Crippen LogP contribution in [0.4, 0.5) is 4.79 Å². The lowest BCUT2D eigenvalue weighted by atomic mass is 9.94. The Morgan fingerprint density at radius 3 is 2.77 bits per heavy atom. The first kappa shape index (κ1) is 20.3. The van der Waals surface area contributed by atoms with Crippen LogP contribution in [0.15, 0.2) is 35.5 Å². The highest BCUT2D eigenvalue weighted by atomic mass is 16.5. The van der Waals surface area contributed by atoms with Crippen LogP contribution >= 0.6 is 0 Å². The second-order valence-electron chi connectivity index (χ2n) is 7.78. The van der Waals surface area contributed by atoms with E-state index in [0.29, 0.717) is 29.2 Å². The summed E-state index contributed by atoms with van der Waals surface area (Å²) in [7, 11) is 0. The van der Waals surface area contributed by atoms with Crippen LogP contribution in [-0.2, 0) is 14.3 Å². The van der Waals surface area contributed by atoms with Crippen molar-refractivity contribution in [1.29, 1.82) is 0 Å². The van der Waals surface area contributed by atoms with Gasteiger partial charge in [-0.25, -0.2) is 9.59 Å². The van der Waals surface area contributed by atoms with Gasteiger partial charge < -0.3 is 20.1 Å². The van der Waals surface area contributed by atoms with Gasteiger partial charge in [-0.2, -0.15) is 0 Å². The summed E-state index contributed by atoms with van der Waals surface area (Å²) in [5.41, 5.74) is 1.48. The van der Waals surface area contributed by atoms with Crippen molar-refractivity contribution < 1.29 is 23.9 Å². The summed E-state index contributed by atoms with van der Waals surface area (Å²) in [5, 5.41) is 5.88. The standard InChI is InChI=1S/C22H27N3O5/c1-2-29-17-11-7-6-10-15(17)20-19-16(13-30-21(19)27)25(22(28)24-20)12-18(26)23-14-8-4-3-5-9-14/h6-7,10-11,14,20H,2-5,8-9,12-13H2,1H3,(H,23,26)(H,24,28). The summed E-state index contributed by atoms with van der Waals surface area (Å²) in [5.74, 6) is -0.115. The summed E-state index contributed by atoms with van der Waals surface area (Å²) in [6.45, 7) is 2.17. The Morgan fingerprint density at radius 2 is 2.00 bits per heavy atom. The first-order chi connectivity index (χ1) is 14.6.